The van der Waals surface area contributed by atoms with Crippen molar-refractivity contribution in [2.75, 3.05) is 6.61 Å². The monoisotopic (exact) mass is 351 g/mol. The Bertz CT molecular complexity index is 812. The molecular weight excluding hydrogens is 330 g/mol. The first-order valence-electron chi connectivity index (χ1n) is 8.37. The summed E-state index contributed by atoms with van der Waals surface area (Å²) >= 11 is 1.49. The first kappa shape index (κ1) is 17.5. The number of hydrogen-bond acceptors (Lipinski definition) is 4. The lowest BCUT2D eigenvalue weighted by Gasteiger charge is -2.03. The van der Waals surface area contributed by atoms with Gasteiger partial charge in [0.1, 0.15) is 0 Å². The molecule has 128 valence electrons. The number of Topliss-reactive ketones (excluding diaryl/α,β-unsaturated/α-hetero) is 1. The van der Waals surface area contributed by atoms with E-state index in [0.717, 1.165) is 22.6 Å². The van der Waals surface area contributed by atoms with E-state index in [9.17, 15) is 4.79 Å². The third kappa shape index (κ3) is 5.08. The molecule has 3 rings (SSSR count). The Balaban J connectivity index is 1.52. The topological polar surface area (TPSA) is 39.2 Å². The maximum absolute atomic E-state index is 12.4. The van der Waals surface area contributed by atoms with E-state index in [0.29, 0.717) is 24.6 Å². The zero-order valence-electron chi connectivity index (χ0n) is 14.3. The van der Waals surface area contributed by atoms with Gasteiger partial charge in [-0.2, -0.15) is 0 Å². The highest BCUT2D eigenvalue weighted by molar-refractivity contribution is 7.13. The number of carbonyl (C=O) groups is 1. The summed E-state index contributed by atoms with van der Waals surface area (Å²) in [5, 5.41) is 0.597. The lowest BCUT2D eigenvalue weighted by atomic mass is 10.1. The molecule has 0 amide bonds. The maximum Gasteiger partial charge on any atom is 0.195 e. The average Bonchev–Trinajstić information content (AvgIpc) is 3.01. The van der Waals surface area contributed by atoms with Gasteiger partial charge in [0.2, 0.25) is 0 Å². The normalized spacial score (nSPS) is 10.8. The second kappa shape index (κ2) is 8.70. The fraction of sp³-hybridized carbons (Fsp3) is 0.238. The summed E-state index contributed by atoms with van der Waals surface area (Å²) < 4.78 is 5.74. The molecule has 25 heavy (non-hydrogen) atoms. The van der Waals surface area contributed by atoms with Crippen molar-refractivity contribution < 1.29 is 9.53 Å². The molecule has 0 atom stereocenters. The van der Waals surface area contributed by atoms with Gasteiger partial charge in [-0.05, 0) is 18.1 Å². The summed E-state index contributed by atoms with van der Waals surface area (Å²) in [7, 11) is 0. The molecule has 0 aliphatic carbocycles. The molecule has 0 saturated carbocycles. The van der Waals surface area contributed by atoms with Gasteiger partial charge < -0.3 is 4.74 Å². The van der Waals surface area contributed by atoms with Crippen LogP contribution in [-0.2, 0) is 24.2 Å². The van der Waals surface area contributed by atoms with Crippen molar-refractivity contribution in [2.24, 2.45) is 0 Å². The van der Waals surface area contributed by atoms with E-state index in [-0.39, 0.29) is 5.78 Å². The Morgan fingerprint density at radius 1 is 1.00 bits per heavy atom. The van der Waals surface area contributed by atoms with Crippen LogP contribution in [0, 0.1) is 6.92 Å². The van der Waals surface area contributed by atoms with Gasteiger partial charge >= 0.3 is 0 Å². The minimum atomic E-state index is 0.0794. The molecule has 2 aromatic carbocycles. The van der Waals surface area contributed by atoms with Gasteiger partial charge in [-0.3, -0.25) is 4.79 Å². The SMILES string of the molecule is Cc1nc(C(=O)Cc2ccccc2)sc1CCOCc1ccccc1. The highest BCUT2D eigenvalue weighted by Crippen LogP contribution is 2.20. The van der Waals surface area contributed by atoms with Gasteiger partial charge in [0.05, 0.1) is 18.9 Å². The number of aromatic nitrogens is 1. The first-order chi connectivity index (χ1) is 12.2. The number of benzene rings is 2. The van der Waals surface area contributed by atoms with E-state index in [1.807, 2.05) is 55.5 Å². The van der Waals surface area contributed by atoms with E-state index in [2.05, 4.69) is 17.1 Å². The van der Waals surface area contributed by atoms with Gasteiger partial charge in [-0.15, -0.1) is 11.3 Å². The summed E-state index contributed by atoms with van der Waals surface area (Å²) in [4.78, 5) is 18.0. The highest BCUT2D eigenvalue weighted by atomic mass is 32.1. The fourth-order valence-corrected chi connectivity index (χ4v) is 3.55. The average molecular weight is 351 g/mol. The molecule has 0 aliphatic rings. The molecule has 0 fully saturated rings. The summed E-state index contributed by atoms with van der Waals surface area (Å²) in [6.45, 7) is 3.20. The number of aryl methyl sites for hydroxylation is 1. The molecule has 0 unspecified atom stereocenters. The van der Waals surface area contributed by atoms with Gasteiger partial charge in [0, 0.05) is 17.7 Å². The second-order valence-corrected chi connectivity index (χ2v) is 6.98. The molecular formula is C21H21NO2S. The highest BCUT2D eigenvalue weighted by Gasteiger charge is 2.14. The maximum atomic E-state index is 12.4. The lowest BCUT2D eigenvalue weighted by Crippen LogP contribution is -2.02. The van der Waals surface area contributed by atoms with E-state index in [4.69, 9.17) is 4.74 Å². The number of rotatable bonds is 8. The molecule has 3 aromatic rings. The van der Waals surface area contributed by atoms with Gasteiger partial charge in [0.25, 0.3) is 0 Å². The van der Waals surface area contributed by atoms with Crippen LogP contribution in [0.15, 0.2) is 60.7 Å². The zero-order valence-corrected chi connectivity index (χ0v) is 15.1. The third-order valence-corrected chi connectivity index (χ3v) is 5.18. The van der Waals surface area contributed by atoms with Crippen LogP contribution in [-0.4, -0.2) is 17.4 Å². The largest absolute Gasteiger partial charge is 0.376 e. The summed E-state index contributed by atoms with van der Waals surface area (Å²) in [6, 6.07) is 19.9. The second-order valence-electron chi connectivity index (χ2n) is 5.90. The molecule has 1 heterocycles. The Morgan fingerprint density at radius 2 is 1.64 bits per heavy atom. The van der Waals surface area contributed by atoms with E-state index in [1.165, 1.54) is 16.9 Å². The molecule has 0 N–H and O–H groups in total. The molecule has 0 saturated heterocycles. The molecule has 1 aromatic heterocycles. The van der Waals surface area contributed by atoms with Crippen molar-refractivity contribution in [2.45, 2.75) is 26.4 Å². The number of thiazole rings is 1. The van der Waals surface area contributed by atoms with Crippen LogP contribution in [0.25, 0.3) is 0 Å². The Hall–Kier alpha value is -2.30. The van der Waals surface area contributed by atoms with Crippen LogP contribution in [0.1, 0.15) is 31.5 Å². The zero-order chi connectivity index (χ0) is 17.5. The minimum absolute atomic E-state index is 0.0794. The standard InChI is InChI=1S/C21H21NO2S/c1-16-20(12-13-24-15-18-10-6-3-7-11-18)25-21(22-16)19(23)14-17-8-4-2-5-9-17/h2-11H,12-15H2,1H3. The molecule has 4 heteroatoms. The first-order valence-corrected chi connectivity index (χ1v) is 9.19. The van der Waals surface area contributed by atoms with E-state index < -0.39 is 0 Å². The Labute approximate surface area is 152 Å². The third-order valence-electron chi connectivity index (χ3n) is 3.92. The van der Waals surface area contributed by atoms with E-state index >= 15 is 0 Å². The van der Waals surface area contributed by atoms with Crippen LogP contribution in [0.4, 0.5) is 0 Å². The Morgan fingerprint density at radius 3 is 2.32 bits per heavy atom. The van der Waals surface area contributed by atoms with Crippen molar-refractivity contribution in [3.8, 4) is 0 Å². The smallest absolute Gasteiger partial charge is 0.195 e. The number of ketones is 1. The van der Waals surface area contributed by atoms with Crippen LogP contribution in [0.5, 0.6) is 0 Å². The van der Waals surface area contributed by atoms with Gasteiger partial charge in [0.15, 0.2) is 10.8 Å². The fourth-order valence-electron chi connectivity index (χ4n) is 2.57. The minimum Gasteiger partial charge on any atom is -0.376 e. The summed E-state index contributed by atoms with van der Waals surface area (Å²) in [6.07, 6.45) is 1.19. The van der Waals surface area contributed by atoms with Crippen LogP contribution in [0.2, 0.25) is 0 Å². The molecule has 0 radical (unpaired) electrons. The number of nitrogens with zero attached hydrogens (tertiary/aromatic N) is 1. The van der Waals surface area contributed by atoms with E-state index in [1.54, 1.807) is 0 Å². The van der Waals surface area contributed by atoms with Crippen molar-refractivity contribution in [3.63, 3.8) is 0 Å². The van der Waals surface area contributed by atoms with Crippen molar-refractivity contribution >= 4 is 17.1 Å². The van der Waals surface area contributed by atoms with Gasteiger partial charge in [-0.1, -0.05) is 60.7 Å². The summed E-state index contributed by atoms with van der Waals surface area (Å²) in [5.74, 6) is 0.0794. The molecule has 0 aliphatic heterocycles. The molecule has 0 bridgehead atoms. The lowest BCUT2D eigenvalue weighted by molar-refractivity contribution is 0.0992. The van der Waals surface area contributed by atoms with Gasteiger partial charge in [-0.25, -0.2) is 4.98 Å². The number of ether oxygens (including phenoxy) is 1. The predicted octanol–water partition coefficient (Wildman–Crippen LogP) is 4.64. The number of carbonyl (C=O) groups excluding carboxylic acids is 1. The molecule has 3 nitrogen and oxygen atoms in total. The Kier molecular flexibility index (Phi) is 6.09. The summed E-state index contributed by atoms with van der Waals surface area (Å²) in [5.41, 5.74) is 3.13. The van der Waals surface area contributed by atoms with Crippen molar-refractivity contribution in [1.82, 2.24) is 4.98 Å². The predicted molar refractivity (Wildman–Crippen MR) is 101 cm³/mol. The van der Waals surface area contributed by atoms with Crippen molar-refractivity contribution in [1.29, 1.82) is 0 Å². The molecule has 0 spiro atoms. The van der Waals surface area contributed by atoms with Crippen molar-refractivity contribution in [3.05, 3.63) is 87.4 Å². The van der Waals surface area contributed by atoms with Crippen LogP contribution in [0.3, 0.4) is 0 Å². The van der Waals surface area contributed by atoms with Crippen LogP contribution < -0.4 is 0 Å². The quantitative estimate of drug-likeness (QED) is 0.438. The number of hydrogen-bond donors (Lipinski definition) is 0. The van der Waals surface area contributed by atoms with Crippen LogP contribution >= 0.6 is 11.3 Å².